The molecule has 2 heterocycles. The molecule has 1 aliphatic carbocycles. The van der Waals surface area contributed by atoms with Crippen molar-refractivity contribution in [2.45, 2.75) is 18.5 Å². The number of anilines is 2. The van der Waals surface area contributed by atoms with Crippen LogP contribution in [0.3, 0.4) is 0 Å². The molecule has 0 unspecified atom stereocenters. The number of nitrogens with one attached hydrogen (secondary N) is 1. The first-order valence-electron chi connectivity index (χ1n) is 9.05. The summed E-state index contributed by atoms with van der Waals surface area (Å²) in [5, 5.41) is 0. The molecule has 2 aromatic heterocycles. The monoisotopic (exact) mass is 451 g/mol. The van der Waals surface area contributed by atoms with Crippen molar-refractivity contribution in [1.29, 1.82) is 0 Å². The highest BCUT2D eigenvalue weighted by Gasteiger charge is 2.47. The fraction of sp³-hybridized carbons (Fsp3) is 0.211. The molecule has 0 amide bonds. The van der Waals surface area contributed by atoms with Crippen molar-refractivity contribution < 1.29 is 26.3 Å². The maximum absolute atomic E-state index is 14.6. The van der Waals surface area contributed by atoms with E-state index >= 15 is 0 Å². The van der Waals surface area contributed by atoms with Gasteiger partial charge in [-0.3, -0.25) is 4.72 Å². The van der Waals surface area contributed by atoms with E-state index in [2.05, 4.69) is 15.0 Å². The summed E-state index contributed by atoms with van der Waals surface area (Å²) in [6.07, 6.45) is 3.02. The Morgan fingerprint density at radius 2 is 1.87 bits per heavy atom. The smallest absolute Gasteiger partial charge is 0.235 e. The SMILES string of the molecule is Nc1nccc(-c2cccnc2Oc2ccc(NS(=O)(=O)CC3(F)CC3)c(F)c2F)n1. The maximum Gasteiger partial charge on any atom is 0.235 e. The first-order valence-corrected chi connectivity index (χ1v) is 10.7. The lowest BCUT2D eigenvalue weighted by Gasteiger charge is -2.14. The van der Waals surface area contributed by atoms with E-state index in [9.17, 15) is 21.6 Å². The zero-order chi connectivity index (χ0) is 22.2. The van der Waals surface area contributed by atoms with Crippen LogP contribution in [-0.2, 0) is 10.0 Å². The fourth-order valence-corrected chi connectivity index (χ4v) is 4.34. The second kappa shape index (κ2) is 7.69. The third kappa shape index (κ3) is 4.68. The zero-order valence-electron chi connectivity index (χ0n) is 15.8. The van der Waals surface area contributed by atoms with Gasteiger partial charge in [0.05, 0.1) is 16.9 Å². The van der Waals surface area contributed by atoms with Gasteiger partial charge in [-0.1, -0.05) is 0 Å². The Labute approximate surface area is 175 Å². The molecule has 3 N–H and O–H groups in total. The largest absolute Gasteiger partial charge is 0.435 e. The number of rotatable bonds is 7. The van der Waals surface area contributed by atoms with Gasteiger partial charge in [0, 0.05) is 12.4 Å². The summed E-state index contributed by atoms with van der Waals surface area (Å²) in [5.41, 5.74) is 3.80. The van der Waals surface area contributed by atoms with Crippen molar-refractivity contribution in [3.05, 3.63) is 54.4 Å². The number of alkyl halides is 1. The minimum absolute atomic E-state index is 0.00224. The Balaban J connectivity index is 1.60. The highest BCUT2D eigenvalue weighted by molar-refractivity contribution is 7.92. The number of hydrogen-bond donors (Lipinski definition) is 2. The van der Waals surface area contributed by atoms with Gasteiger partial charge in [0.2, 0.25) is 27.7 Å². The minimum Gasteiger partial charge on any atom is -0.435 e. The van der Waals surface area contributed by atoms with Crippen LogP contribution in [0.2, 0.25) is 0 Å². The van der Waals surface area contributed by atoms with Crippen LogP contribution in [0.5, 0.6) is 11.6 Å². The Morgan fingerprint density at radius 3 is 2.58 bits per heavy atom. The molecule has 0 spiro atoms. The Hall–Kier alpha value is -3.41. The molecular weight excluding hydrogens is 435 g/mol. The second-order valence-corrected chi connectivity index (χ2v) is 8.73. The molecule has 162 valence electrons. The van der Waals surface area contributed by atoms with E-state index in [4.69, 9.17) is 10.5 Å². The van der Waals surface area contributed by atoms with Crippen molar-refractivity contribution >= 4 is 21.7 Å². The summed E-state index contributed by atoms with van der Waals surface area (Å²) in [4.78, 5) is 11.8. The predicted molar refractivity (Wildman–Crippen MR) is 107 cm³/mol. The number of pyridine rings is 1. The van der Waals surface area contributed by atoms with Crippen LogP contribution in [-0.4, -0.2) is 34.8 Å². The summed E-state index contributed by atoms with van der Waals surface area (Å²) < 4.78 is 74.2. The summed E-state index contributed by atoms with van der Waals surface area (Å²) in [6.45, 7) is 0. The van der Waals surface area contributed by atoms with Crippen LogP contribution >= 0.6 is 0 Å². The molecule has 0 aliphatic heterocycles. The summed E-state index contributed by atoms with van der Waals surface area (Å²) >= 11 is 0. The number of halogens is 3. The molecule has 4 rings (SSSR count). The first kappa shape index (κ1) is 20.8. The van der Waals surface area contributed by atoms with Gasteiger partial charge in [-0.25, -0.2) is 32.2 Å². The minimum atomic E-state index is -4.20. The molecule has 0 saturated heterocycles. The molecule has 0 radical (unpaired) electrons. The Bertz CT molecular complexity index is 1250. The van der Waals surface area contributed by atoms with E-state index in [0.29, 0.717) is 11.3 Å². The molecule has 0 atom stereocenters. The van der Waals surface area contributed by atoms with Gasteiger partial charge in [-0.05, 0) is 43.2 Å². The van der Waals surface area contributed by atoms with Crippen LogP contribution in [0.15, 0.2) is 42.7 Å². The Morgan fingerprint density at radius 1 is 1.10 bits per heavy atom. The van der Waals surface area contributed by atoms with Gasteiger partial charge >= 0.3 is 0 Å². The van der Waals surface area contributed by atoms with E-state index in [1.54, 1.807) is 12.1 Å². The van der Waals surface area contributed by atoms with Gasteiger partial charge in [0.1, 0.15) is 11.4 Å². The topological polar surface area (TPSA) is 120 Å². The van der Waals surface area contributed by atoms with Crippen LogP contribution in [0.1, 0.15) is 12.8 Å². The fourth-order valence-electron chi connectivity index (χ4n) is 2.81. The highest BCUT2D eigenvalue weighted by Crippen LogP contribution is 2.41. The number of nitrogens with zero attached hydrogens (tertiary/aromatic N) is 3. The predicted octanol–water partition coefficient (Wildman–Crippen LogP) is 3.44. The number of benzene rings is 1. The number of aromatic nitrogens is 3. The standard InChI is InChI=1S/C19H16F3N5O3S/c20-15-13(27-31(28,29)10-19(22)6-7-19)3-4-14(16(15)21)30-17-11(2-1-8-24-17)12-5-9-25-18(23)26-12/h1-5,8-9,27H,6-7,10H2,(H2,23,25,26). The first-order chi connectivity index (χ1) is 14.7. The molecule has 8 nitrogen and oxygen atoms in total. The average Bonchev–Trinajstić information content (AvgIpc) is 3.43. The van der Waals surface area contributed by atoms with E-state index in [0.717, 1.165) is 12.1 Å². The van der Waals surface area contributed by atoms with Gasteiger partial charge in [-0.15, -0.1) is 0 Å². The summed E-state index contributed by atoms with van der Waals surface area (Å²) in [7, 11) is -4.20. The lowest BCUT2D eigenvalue weighted by atomic mass is 10.2. The number of sulfonamides is 1. The summed E-state index contributed by atoms with van der Waals surface area (Å²) in [5.74, 6) is -4.37. The van der Waals surface area contributed by atoms with Crippen LogP contribution in [0.4, 0.5) is 24.8 Å². The molecule has 3 aromatic rings. The summed E-state index contributed by atoms with van der Waals surface area (Å²) in [6, 6.07) is 6.73. The lowest BCUT2D eigenvalue weighted by molar-refractivity contribution is 0.341. The number of hydrogen-bond acceptors (Lipinski definition) is 7. The highest BCUT2D eigenvalue weighted by atomic mass is 32.2. The van der Waals surface area contributed by atoms with Crippen molar-refractivity contribution in [2.24, 2.45) is 0 Å². The molecule has 1 aromatic carbocycles. The van der Waals surface area contributed by atoms with Gasteiger partial charge in [-0.2, -0.15) is 4.39 Å². The van der Waals surface area contributed by atoms with E-state index in [1.165, 1.54) is 18.5 Å². The van der Waals surface area contributed by atoms with E-state index in [1.807, 2.05) is 4.72 Å². The van der Waals surface area contributed by atoms with Crippen molar-refractivity contribution in [3.8, 4) is 22.9 Å². The molecule has 1 aliphatic rings. The normalized spacial score (nSPS) is 14.8. The Kier molecular flexibility index (Phi) is 5.17. The number of nitrogen functional groups attached to an aromatic ring is 1. The quantitative estimate of drug-likeness (QED) is 0.565. The number of ether oxygens (including phenoxy) is 1. The zero-order valence-corrected chi connectivity index (χ0v) is 16.7. The van der Waals surface area contributed by atoms with Crippen molar-refractivity contribution in [3.63, 3.8) is 0 Å². The molecule has 1 fully saturated rings. The van der Waals surface area contributed by atoms with Crippen LogP contribution < -0.4 is 15.2 Å². The van der Waals surface area contributed by atoms with Crippen molar-refractivity contribution in [1.82, 2.24) is 15.0 Å². The van der Waals surface area contributed by atoms with E-state index in [-0.39, 0.29) is 24.7 Å². The molecule has 0 bridgehead atoms. The molecular formula is C19H16F3N5O3S. The van der Waals surface area contributed by atoms with Gasteiger partial charge in [0.25, 0.3) is 0 Å². The van der Waals surface area contributed by atoms with Crippen molar-refractivity contribution in [2.75, 3.05) is 16.2 Å². The van der Waals surface area contributed by atoms with E-state index < -0.39 is 44.5 Å². The molecule has 12 heteroatoms. The number of nitrogens with two attached hydrogens (primary N) is 1. The third-order valence-electron chi connectivity index (χ3n) is 4.48. The second-order valence-electron chi connectivity index (χ2n) is 7.01. The average molecular weight is 451 g/mol. The van der Waals surface area contributed by atoms with Gasteiger partial charge in [0.15, 0.2) is 11.6 Å². The van der Waals surface area contributed by atoms with Crippen LogP contribution in [0.25, 0.3) is 11.3 Å². The molecule has 1 saturated carbocycles. The van der Waals surface area contributed by atoms with Crippen LogP contribution in [0, 0.1) is 11.6 Å². The van der Waals surface area contributed by atoms with Gasteiger partial charge < -0.3 is 10.5 Å². The lowest BCUT2D eigenvalue weighted by Crippen LogP contribution is -2.25. The maximum atomic E-state index is 14.6. The molecule has 31 heavy (non-hydrogen) atoms. The third-order valence-corrected chi connectivity index (χ3v) is 5.91.